The van der Waals surface area contributed by atoms with Crippen LogP contribution in [0.5, 0.6) is 0 Å². The highest BCUT2D eigenvalue weighted by Gasteiger charge is 2.15. The van der Waals surface area contributed by atoms with Crippen LogP contribution in [0.15, 0.2) is 9.59 Å². The number of fused-ring (bicyclic) bond motifs is 1. The molecule has 7 heteroatoms. The summed E-state index contributed by atoms with van der Waals surface area (Å²) in [6.07, 6.45) is -0.196. The normalized spacial score (nSPS) is 13.1. The first-order chi connectivity index (χ1) is 8.95. The van der Waals surface area contributed by atoms with Crippen LogP contribution in [0.4, 0.5) is 0 Å². The number of aliphatic hydroxyl groups is 1. The summed E-state index contributed by atoms with van der Waals surface area (Å²) in [6, 6.07) is 0. The van der Waals surface area contributed by atoms with Gasteiger partial charge in [-0.1, -0.05) is 0 Å². The third kappa shape index (κ3) is 2.33. The first-order valence-electron chi connectivity index (χ1n) is 6.33. The number of aromatic nitrogens is 4. The van der Waals surface area contributed by atoms with Crippen molar-refractivity contribution in [1.82, 2.24) is 19.1 Å². The smallest absolute Gasteiger partial charge is 0.332 e. The maximum Gasteiger partial charge on any atom is 0.332 e. The Morgan fingerprint density at radius 3 is 2.63 bits per heavy atom. The predicted molar refractivity (Wildman–Crippen MR) is 71.3 cm³/mol. The number of rotatable bonds is 4. The van der Waals surface area contributed by atoms with Crippen molar-refractivity contribution in [3.63, 3.8) is 0 Å². The lowest BCUT2D eigenvalue weighted by atomic mass is 10.3. The molecule has 1 unspecified atom stereocenters. The van der Waals surface area contributed by atoms with E-state index in [1.54, 1.807) is 13.8 Å². The van der Waals surface area contributed by atoms with Crippen LogP contribution < -0.4 is 11.2 Å². The van der Waals surface area contributed by atoms with Gasteiger partial charge in [0.1, 0.15) is 11.3 Å². The van der Waals surface area contributed by atoms with E-state index >= 15 is 0 Å². The van der Waals surface area contributed by atoms with Crippen molar-refractivity contribution in [2.45, 2.75) is 46.4 Å². The first kappa shape index (κ1) is 13.5. The Hall–Kier alpha value is -1.89. The fourth-order valence-corrected chi connectivity index (χ4v) is 2.08. The number of aliphatic hydroxyl groups excluding tert-OH is 1. The van der Waals surface area contributed by atoms with Crippen molar-refractivity contribution in [2.75, 3.05) is 0 Å². The summed E-state index contributed by atoms with van der Waals surface area (Å²) < 4.78 is 2.61. The Bertz CT molecular complexity index is 708. The highest BCUT2D eigenvalue weighted by molar-refractivity contribution is 5.69. The molecule has 1 atom stereocenters. The van der Waals surface area contributed by atoms with Gasteiger partial charge in [-0.15, -0.1) is 0 Å². The van der Waals surface area contributed by atoms with Crippen molar-refractivity contribution in [3.05, 3.63) is 26.7 Å². The summed E-state index contributed by atoms with van der Waals surface area (Å²) in [5.74, 6) is 0.599. The van der Waals surface area contributed by atoms with E-state index in [0.717, 1.165) is 4.57 Å². The highest BCUT2D eigenvalue weighted by Crippen LogP contribution is 2.05. The SMILES string of the molecule is CCn1c(=O)n(CCC(C)O)c(=O)c2[nH]c(C)nc21. The number of aryl methyl sites for hydroxylation is 2. The molecule has 7 nitrogen and oxygen atoms in total. The maximum absolute atomic E-state index is 12.2. The van der Waals surface area contributed by atoms with E-state index in [0.29, 0.717) is 30.0 Å². The van der Waals surface area contributed by atoms with E-state index in [9.17, 15) is 14.7 Å². The molecular weight excluding hydrogens is 248 g/mol. The van der Waals surface area contributed by atoms with Crippen LogP contribution in [-0.4, -0.2) is 30.3 Å². The van der Waals surface area contributed by atoms with Gasteiger partial charge in [0.25, 0.3) is 5.56 Å². The van der Waals surface area contributed by atoms with Crippen molar-refractivity contribution in [2.24, 2.45) is 0 Å². The molecule has 0 saturated heterocycles. The maximum atomic E-state index is 12.2. The third-order valence-corrected chi connectivity index (χ3v) is 3.07. The monoisotopic (exact) mass is 266 g/mol. The lowest BCUT2D eigenvalue weighted by molar-refractivity contribution is 0.176. The number of hydrogen-bond acceptors (Lipinski definition) is 4. The molecule has 0 spiro atoms. The second kappa shape index (κ2) is 5.00. The average molecular weight is 266 g/mol. The van der Waals surface area contributed by atoms with E-state index in [1.807, 2.05) is 6.92 Å². The van der Waals surface area contributed by atoms with E-state index in [2.05, 4.69) is 9.97 Å². The molecule has 0 aliphatic rings. The standard InChI is InChI=1S/C12H18N4O3/c1-4-15-10-9(13-8(3)14-10)11(18)16(12(15)19)6-5-7(2)17/h7,17H,4-6H2,1-3H3,(H,13,14). The van der Waals surface area contributed by atoms with Crippen molar-refractivity contribution in [1.29, 1.82) is 0 Å². The van der Waals surface area contributed by atoms with E-state index in [-0.39, 0.29) is 17.8 Å². The first-order valence-corrected chi connectivity index (χ1v) is 6.33. The van der Waals surface area contributed by atoms with E-state index in [1.165, 1.54) is 4.57 Å². The summed E-state index contributed by atoms with van der Waals surface area (Å²) in [5, 5.41) is 9.29. The fraction of sp³-hybridized carbons (Fsp3) is 0.583. The minimum atomic E-state index is -0.555. The van der Waals surface area contributed by atoms with Crippen molar-refractivity contribution < 1.29 is 5.11 Å². The van der Waals surface area contributed by atoms with Crippen LogP contribution in [0.2, 0.25) is 0 Å². The zero-order valence-electron chi connectivity index (χ0n) is 11.3. The quantitative estimate of drug-likeness (QED) is 0.813. The number of aromatic amines is 1. The van der Waals surface area contributed by atoms with E-state index < -0.39 is 6.10 Å². The molecule has 0 aliphatic heterocycles. The third-order valence-electron chi connectivity index (χ3n) is 3.07. The van der Waals surface area contributed by atoms with Crippen LogP contribution in [0, 0.1) is 6.92 Å². The summed E-state index contributed by atoms with van der Waals surface area (Å²) in [5.41, 5.74) is -0.0362. The van der Waals surface area contributed by atoms with Gasteiger partial charge in [-0.25, -0.2) is 9.78 Å². The van der Waals surface area contributed by atoms with Gasteiger partial charge in [0.15, 0.2) is 5.65 Å². The number of nitrogens with zero attached hydrogens (tertiary/aromatic N) is 3. The second-order valence-electron chi connectivity index (χ2n) is 4.64. The second-order valence-corrected chi connectivity index (χ2v) is 4.64. The lowest BCUT2D eigenvalue weighted by Gasteiger charge is -2.10. The minimum Gasteiger partial charge on any atom is -0.393 e. The summed E-state index contributed by atoms with van der Waals surface area (Å²) in [6.45, 7) is 5.83. The number of hydrogen-bond donors (Lipinski definition) is 2. The Morgan fingerprint density at radius 1 is 1.37 bits per heavy atom. The highest BCUT2D eigenvalue weighted by atomic mass is 16.3. The summed E-state index contributed by atoms with van der Waals surface area (Å²) in [7, 11) is 0. The van der Waals surface area contributed by atoms with Gasteiger partial charge in [-0.2, -0.15) is 0 Å². The number of H-pyrrole nitrogens is 1. The molecule has 2 aromatic heterocycles. The molecule has 19 heavy (non-hydrogen) atoms. The molecule has 0 radical (unpaired) electrons. The zero-order valence-corrected chi connectivity index (χ0v) is 11.3. The topological polar surface area (TPSA) is 92.9 Å². The Morgan fingerprint density at radius 2 is 2.05 bits per heavy atom. The molecule has 0 bridgehead atoms. The molecule has 0 fully saturated rings. The van der Waals surface area contributed by atoms with Crippen LogP contribution in [0.3, 0.4) is 0 Å². The molecule has 2 N–H and O–H groups in total. The Balaban J connectivity index is 2.70. The molecule has 0 aromatic carbocycles. The van der Waals surface area contributed by atoms with Crippen LogP contribution in [0.1, 0.15) is 26.1 Å². The van der Waals surface area contributed by atoms with Crippen molar-refractivity contribution >= 4 is 11.2 Å². The zero-order chi connectivity index (χ0) is 14.2. The molecule has 0 aliphatic carbocycles. The molecular formula is C12H18N4O3. The van der Waals surface area contributed by atoms with E-state index in [4.69, 9.17) is 0 Å². The van der Waals surface area contributed by atoms with Crippen LogP contribution in [-0.2, 0) is 13.1 Å². The molecule has 0 saturated carbocycles. The van der Waals surface area contributed by atoms with Crippen molar-refractivity contribution in [3.8, 4) is 0 Å². The van der Waals surface area contributed by atoms with Crippen LogP contribution >= 0.6 is 0 Å². The summed E-state index contributed by atoms with van der Waals surface area (Å²) >= 11 is 0. The molecule has 2 rings (SSSR count). The largest absolute Gasteiger partial charge is 0.393 e. The predicted octanol–water partition coefficient (Wildman–Crippen LogP) is -0.0145. The van der Waals surface area contributed by atoms with Gasteiger partial charge >= 0.3 is 5.69 Å². The Kier molecular flexibility index (Phi) is 3.57. The lowest BCUT2D eigenvalue weighted by Crippen LogP contribution is -2.40. The van der Waals surface area contributed by atoms with Gasteiger partial charge in [-0.05, 0) is 27.2 Å². The van der Waals surface area contributed by atoms with Gasteiger partial charge in [0.05, 0.1) is 6.10 Å². The summed E-state index contributed by atoms with van der Waals surface area (Å²) in [4.78, 5) is 31.6. The molecule has 2 aromatic rings. The minimum absolute atomic E-state index is 0.198. The van der Waals surface area contributed by atoms with Gasteiger partial charge in [0, 0.05) is 13.1 Å². The van der Waals surface area contributed by atoms with Gasteiger partial charge in [-0.3, -0.25) is 13.9 Å². The molecule has 104 valence electrons. The fourth-order valence-electron chi connectivity index (χ4n) is 2.08. The average Bonchev–Trinajstić information content (AvgIpc) is 2.71. The van der Waals surface area contributed by atoms with Gasteiger partial charge in [0.2, 0.25) is 0 Å². The molecule has 2 heterocycles. The number of nitrogens with one attached hydrogen (secondary N) is 1. The van der Waals surface area contributed by atoms with Crippen LogP contribution in [0.25, 0.3) is 11.2 Å². The number of imidazole rings is 1. The molecule has 0 amide bonds. The Labute approximate surface area is 109 Å². The van der Waals surface area contributed by atoms with Gasteiger partial charge < -0.3 is 10.1 Å².